The van der Waals surface area contributed by atoms with Crippen LogP contribution in [0.25, 0.3) is 10.8 Å². The van der Waals surface area contributed by atoms with Gasteiger partial charge >= 0.3 is 5.97 Å². The standard InChI is InChI=1S/C23H22FNO3/c1-2-28-23(27)21(24)14-20(16-9-11-19(25)12-10-16)22(26)18-8-7-15-5-3-4-6-17(15)13-18/h3-13,20-21H,2,14,25H2,1H3. The molecule has 2 N–H and O–H groups in total. The van der Waals surface area contributed by atoms with Gasteiger partial charge in [0.2, 0.25) is 0 Å². The van der Waals surface area contributed by atoms with Crippen molar-refractivity contribution in [1.82, 2.24) is 0 Å². The number of fused-ring (bicyclic) bond motifs is 1. The second-order valence-electron chi connectivity index (χ2n) is 6.60. The molecule has 0 aromatic heterocycles. The van der Waals surface area contributed by atoms with E-state index in [1.54, 1.807) is 43.3 Å². The van der Waals surface area contributed by atoms with Crippen LogP contribution in [-0.4, -0.2) is 24.5 Å². The molecule has 144 valence electrons. The molecule has 3 rings (SSSR count). The number of nitrogen functional groups attached to an aromatic ring is 1. The van der Waals surface area contributed by atoms with Crippen LogP contribution in [0.2, 0.25) is 0 Å². The molecule has 0 bridgehead atoms. The number of esters is 1. The Morgan fingerprint density at radius 3 is 2.36 bits per heavy atom. The third-order valence-electron chi connectivity index (χ3n) is 4.67. The van der Waals surface area contributed by atoms with Gasteiger partial charge in [-0.25, -0.2) is 9.18 Å². The van der Waals surface area contributed by atoms with E-state index in [1.165, 1.54) is 0 Å². The van der Waals surface area contributed by atoms with Crippen LogP contribution in [-0.2, 0) is 9.53 Å². The Bertz CT molecular complexity index is 985. The Morgan fingerprint density at radius 2 is 1.68 bits per heavy atom. The summed E-state index contributed by atoms with van der Waals surface area (Å²) in [5, 5.41) is 1.93. The number of rotatable bonds is 7. The van der Waals surface area contributed by atoms with Crippen molar-refractivity contribution in [1.29, 1.82) is 0 Å². The highest BCUT2D eigenvalue weighted by atomic mass is 19.1. The molecule has 0 fully saturated rings. The molecule has 0 heterocycles. The van der Waals surface area contributed by atoms with Gasteiger partial charge in [0.05, 0.1) is 12.5 Å². The Labute approximate surface area is 163 Å². The van der Waals surface area contributed by atoms with Gasteiger partial charge in [-0.3, -0.25) is 4.79 Å². The predicted octanol–water partition coefficient (Wildman–Crippen LogP) is 4.68. The smallest absolute Gasteiger partial charge is 0.340 e. The summed E-state index contributed by atoms with van der Waals surface area (Å²) in [6.45, 7) is 1.70. The van der Waals surface area contributed by atoms with Gasteiger partial charge in [0, 0.05) is 17.7 Å². The van der Waals surface area contributed by atoms with Gasteiger partial charge < -0.3 is 10.5 Å². The lowest BCUT2D eigenvalue weighted by molar-refractivity contribution is -0.149. The van der Waals surface area contributed by atoms with Crippen LogP contribution in [0.1, 0.15) is 35.2 Å². The minimum atomic E-state index is -1.88. The van der Waals surface area contributed by atoms with Crippen LogP contribution in [0.3, 0.4) is 0 Å². The van der Waals surface area contributed by atoms with Gasteiger partial charge in [0.25, 0.3) is 0 Å². The first-order valence-electron chi connectivity index (χ1n) is 9.18. The Balaban J connectivity index is 1.95. The highest BCUT2D eigenvalue weighted by Gasteiger charge is 2.30. The van der Waals surface area contributed by atoms with Gasteiger partial charge in [-0.15, -0.1) is 0 Å². The van der Waals surface area contributed by atoms with Crippen molar-refractivity contribution in [3.8, 4) is 0 Å². The number of alkyl halides is 1. The van der Waals surface area contributed by atoms with Gasteiger partial charge in [-0.05, 0) is 41.5 Å². The lowest BCUT2D eigenvalue weighted by Gasteiger charge is -2.19. The average molecular weight is 379 g/mol. The van der Waals surface area contributed by atoms with Gasteiger partial charge in [0.1, 0.15) is 0 Å². The zero-order chi connectivity index (χ0) is 20.1. The molecule has 0 spiro atoms. The van der Waals surface area contributed by atoms with Crippen LogP contribution in [0.15, 0.2) is 66.7 Å². The summed E-state index contributed by atoms with van der Waals surface area (Å²) >= 11 is 0. The SMILES string of the molecule is CCOC(=O)C(F)CC(C(=O)c1ccc2ccccc2c1)c1ccc(N)cc1. The first kappa shape index (κ1) is 19.5. The van der Waals surface area contributed by atoms with Crippen molar-refractivity contribution in [2.75, 3.05) is 12.3 Å². The molecule has 2 atom stereocenters. The Morgan fingerprint density at radius 1 is 1.00 bits per heavy atom. The number of halogens is 1. The lowest BCUT2D eigenvalue weighted by atomic mass is 9.86. The topological polar surface area (TPSA) is 69.4 Å². The molecule has 5 heteroatoms. The number of carbonyl (C=O) groups is 2. The fraction of sp³-hybridized carbons (Fsp3) is 0.217. The van der Waals surface area contributed by atoms with E-state index in [-0.39, 0.29) is 18.8 Å². The number of hydrogen-bond donors (Lipinski definition) is 1. The van der Waals surface area contributed by atoms with E-state index in [0.29, 0.717) is 16.8 Å². The number of anilines is 1. The summed E-state index contributed by atoms with van der Waals surface area (Å²) in [6.07, 6.45) is -2.17. The van der Waals surface area contributed by atoms with Gasteiger partial charge in [-0.1, -0.05) is 48.5 Å². The molecule has 0 aliphatic rings. The number of nitrogens with two attached hydrogens (primary N) is 1. The van der Waals surface area contributed by atoms with Gasteiger partial charge in [-0.2, -0.15) is 0 Å². The lowest BCUT2D eigenvalue weighted by Crippen LogP contribution is -2.25. The van der Waals surface area contributed by atoms with Crippen molar-refractivity contribution >= 4 is 28.2 Å². The van der Waals surface area contributed by atoms with Crippen LogP contribution < -0.4 is 5.73 Å². The number of ether oxygens (including phenoxy) is 1. The fourth-order valence-corrected chi connectivity index (χ4v) is 3.20. The molecule has 0 radical (unpaired) electrons. The molecule has 4 nitrogen and oxygen atoms in total. The maximum atomic E-state index is 14.5. The van der Waals surface area contributed by atoms with E-state index in [2.05, 4.69) is 0 Å². The van der Waals surface area contributed by atoms with Gasteiger partial charge in [0.15, 0.2) is 12.0 Å². The zero-order valence-corrected chi connectivity index (χ0v) is 15.6. The van der Waals surface area contributed by atoms with Crippen LogP contribution >= 0.6 is 0 Å². The molecular formula is C23H22FNO3. The van der Waals surface area contributed by atoms with E-state index in [0.717, 1.165) is 10.8 Å². The van der Waals surface area contributed by atoms with E-state index >= 15 is 0 Å². The minimum absolute atomic E-state index is 0.0877. The molecule has 3 aromatic carbocycles. The summed E-state index contributed by atoms with van der Waals surface area (Å²) in [7, 11) is 0. The molecular weight excluding hydrogens is 357 g/mol. The average Bonchev–Trinajstić information content (AvgIpc) is 2.72. The van der Waals surface area contributed by atoms with E-state index in [9.17, 15) is 14.0 Å². The van der Waals surface area contributed by atoms with E-state index in [1.807, 2.05) is 30.3 Å². The van der Waals surface area contributed by atoms with E-state index in [4.69, 9.17) is 10.5 Å². The molecule has 0 aliphatic heterocycles. The molecule has 0 saturated carbocycles. The first-order chi connectivity index (χ1) is 13.5. The third kappa shape index (κ3) is 4.36. The van der Waals surface area contributed by atoms with E-state index < -0.39 is 18.1 Å². The maximum absolute atomic E-state index is 14.5. The normalized spacial score (nSPS) is 13.1. The highest BCUT2D eigenvalue weighted by Crippen LogP contribution is 2.29. The molecule has 3 aromatic rings. The summed E-state index contributed by atoms with van der Waals surface area (Å²) in [4.78, 5) is 25.0. The highest BCUT2D eigenvalue weighted by molar-refractivity contribution is 6.04. The van der Waals surface area contributed by atoms with Crippen LogP contribution in [0, 0.1) is 0 Å². The third-order valence-corrected chi connectivity index (χ3v) is 4.67. The molecule has 0 aliphatic carbocycles. The fourth-order valence-electron chi connectivity index (χ4n) is 3.20. The van der Waals surface area contributed by atoms with Crippen molar-refractivity contribution in [3.05, 3.63) is 77.9 Å². The molecule has 0 saturated heterocycles. The monoisotopic (exact) mass is 379 g/mol. The zero-order valence-electron chi connectivity index (χ0n) is 15.6. The maximum Gasteiger partial charge on any atom is 0.340 e. The predicted molar refractivity (Wildman–Crippen MR) is 108 cm³/mol. The summed E-state index contributed by atoms with van der Waals surface area (Å²) in [5.41, 5.74) is 7.36. The van der Waals surface area contributed by atoms with Crippen molar-refractivity contribution in [3.63, 3.8) is 0 Å². The largest absolute Gasteiger partial charge is 0.464 e. The Kier molecular flexibility index (Phi) is 6.04. The van der Waals surface area contributed by atoms with Crippen molar-refractivity contribution in [2.45, 2.75) is 25.4 Å². The second-order valence-corrected chi connectivity index (χ2v) is 6.60. The summed E-state index contributed by atoms with van der Waals surface area (Å²) in [5.74, 6) is -2.02. The Hall–Kier alpha value is -3.21. The quantitative estimate of drug-likeness (QED) is 0.368. The number of carbonyl (C=O) groups excluding carboxylic acids is 2. The number of ketones is 1. The molecule has 28 heavy (non-hydrogen) atoms. The summed E-state index contributed by atoms with van der Waals surface area (Å²) < 4.78 is 19.2. The second kappa shape index (κ2) is 8.65. The van der Waals surface area contributed by atoms with Crippen LogP contribution in [0.5, 0.6) is 0 Å². The van der Waals surface area contributed by atoms with Crippen molar-refractivity contribution < 1.29 is 18.7 Å². The van der Waals surface area contributed by atoms with Crippen LogP contribution in [0.4, 0.5) is 10.1 Å². The molecule has 0 amide bonds. The summed E-state index contributed by atoms with van der Waals surface area (Å²) in [6, 6.07) is 19.8. The number of hydrogen-bond acceptors (Lipinski definition) is 4. The number of benzene rings is 3. The minimum Gasteiger partial charge on any atom is -0.464 e. The first-order valence-corrected chi connectivity index (χ1v) is 9.18. The molecule has 2 unspecified atom stereocenters. The number of Topliss-reactive ketones (excluding diaryl/α,β-unsaturated/α-hetero) is 1. The van der Waals surface area contributed by atoms with Crippen molar-refractivity contribution in [2.24, 2.45) is 0 Å².